The summed E-state index contributed by atoms with van der Waals surface area (Å²) in [5.74, 6) is 1.81. The highest BCUT2D eigenvalue weighted by atomic mass is 16.3. The number of fused-ring (bicyclic) bond motifs is 2. The van der Waals surface area contributed by atoms with Gasteiger partial charge in [0.2, 0.25) is 17.8 Å². The minimum absolute atomic E-state index is 0.0478. The molecule has 134 valence electrons. The van der Waals surface area contributed by atoms with Crippen LogP contribution in [0.4, 0.5) is 17.8 Å². The van der Waals surface area contributed by atoms with Crippen molar-refractivity contribution in [3.8, 4) is 0 Å². The summed E-state index contributed by atoms with van der Waals surface area (Å²) in [6.45, 7) is 6.52. The molecule has 2 saturated heterocycles. The zero-order valence-corrected chi connectivity index (χ0v) is 14.9. The molecule has 2 aliphatic rings. The molecule has 0 radical (unpaired) electrons. The predicted octanol–water partition coefficient (Wildman–Crippen LogP) is 0.769. The quantitative estimate of drug-likeness (QED) is 0.702. The molecule has 0 aliphatic carbocycles. The first kappa shape index (κ1) is 17.2. The van der Waals surface area contributed by atoms with Gasteiger partial charge in [0.15, 0.2) is 0 Å². The molecular formula is C16H29N7O. The van der Waals surface area contributed by atoms with Gasteiger partial charge in [0.1, 0.15) is 0 Å². The van der Waals surface area contributed by atoms with Crippen LogP contribution in [0.5, 0.6) is 0 Å². The molecule has 2 bridgehead atoms. The standard InChI is InChI=1S/C16H29N7O/c1-11(2)18-15-19-14(17-7-9-24)20-16(21-15)23-8-6-12-4-5-13(10-23)22(12)3/h11-13,24H,4-10H2,1-3H3,(H2,17,18,19,20,21)/t12-,13+/m1/s1. The lowest BCUT2D eigenvalue weighted by Gasteiger charge is -2.26. The minimum atomic E-state index is 0.0478. The van der Waals surface area contributed by atoms with E-state index in [2.05, 4.69) is 56.3 Å². The third kappa shape index (κ3) is 3.87. The number of hydrogen-bond donors (Lipinski definition) is 3. The smallest absolute Gasteiger partial charge is 0.232 e. The molecule has 3 rings (SSSR count). The highest BCUT2D eigenvalue weighted by molar-refractivity contribution is 5.44. The van der Waals surface area contributed by atoms with Gasteiger partial charge in [-0.1, -0.05) is 0 Å². The van der Waals surface area contributed by atoms with Gasteiger partial charge in [-0.15, -0.1) is 0 Å². The van der Waals surface area contributed by atoms with E-state index in [1.807, 2.05) is 0 Å². The average Bonchev–Trinajstić information content (AvgIpc) is 2.77. The second-order valence-electron chi connectivity index (χ2n) is 7.02. The van der Waals surface area contributed by atoms with Crippen molar-refractivity contribution in [1.29, 1.82) is 0 Å². The van der Waals surface area contributed by atoms with Gasteiger partial charge in [-0.2, -0.15) is 15.0 Å². The van der Waals surface area contributed by atoms with Gasteiger partial charge in [-0.05, 0) is 40.2 Å². The number of nitrogens with one attached hydrogen (secondary N) is 2. The Morgan fingerprint density at radius 1 is 1.12 bits per heavy atom. The number of nitrogens with zero attached hydrogens (tertiary/aromatic N) is 5. The lowest BCUT2D eigenvalue weighted by Crippen LogP contribution is -2.37. The lowest BCUT2D eigenvalue weighted by atomic mass is 10.1. The molecule has 1 aromatic rings. The molecule has 3 heterocycles. The maximum atomic E-state index is 9.03. The van der Waals surface area contributed by atoms with Crippen molar-refractivity contribution in [2.75, 3.05) is 48.8 Å². The topological polar surface area (TPSA) is 89.4 Å². The van der Waals surface area contributed by atoms with E-state index in [1.165, 1.54) is 12.8 Å². The summed E-state index contributed by atoms with van der Waals surface area (Å²) < 4.78 is 0. The SMILES string of the molecule is CC(C)Nc1nc(NCCO)nc(N2CC[C@H]3CC[C@@H](C2)N3C)n1. The molecule has 3 N–H and O–H groups in total. The molecule has 8 heteroatoms. The van der Waals surface area contributed by atoms with Crippen molar-refractivity contribution >= 4 is 17.8 Å². The molecule has 8 nitrogen and oxygen atoms in total. The van der Waals surface area contributed by atoms with E-state index in [-0.39, 0.29) is 12.6 Å². The van der Waals surface area contributed by atoms with Crippen molar-refractivity contribution in [2.45, 2.75) is 51.2 Å². The Kier molecular flexibility index (Phi) is 5.35. The van der Waals surface area contributed by atoms with E-state index >= 15 is 0 Å². The van der Waals surface area contributed by atoms with Crippen LogP contribution in [0.2, 0.25) is 0 Å². The van der Waals surface area contributed by atoms with Crippen LogP contribution >= 0.6 is 0 Å². The first-order valence-electron chi connectivity index (χ1n) is 8.91. The molecule has 0 unspecified atom stereocenters. The van der Waals surface area contributed by atoms with Gasteiger partial charge < -0.3 is 20.6 Å². The monoisotopic (exact) mass is 335 g/mol. The fourth-order valence-electron chi connectivity index (χ4n) is 3.57. The first-order valence-corrected chi connectivity index (χ1v) is 8.91. The number of aliphatic hydroxyl groups excluding tert-OH is 1. The maximum Gasteiger partial charge on any atom is 0.232 e. The summed E-state index contributed by atoms with van der Waals surface area (Å²) in [6, 6.07) is 1.50. The van der Waals surface area contributed by atoms with Crippen LogP contribution < -0.4 is 15.5 Å². The Bertz CT molecular complexity index is 553. The summed E-state index contributed by atoms with van der Waals surface area (Å²) >= 11 is 0. The van der Waals surface area contributed by atoms with E-state index < -0.39 is 0 Å². The number of aromatic nitrogens is 3. The number of anilines is 3. The van der Waals surface area contributed by atoms with Crippen LogP contribution in [0.3, 0.4) is 0 Å². The highest BCUT2D eigenvalue weighted by Gasteiger charge is 2.35. The maximum absolute atomic E-state index is 9.03. The number of likely N-dealkylation sites (N-methyl/N-ethyl adjacent to an activating group) is 1. The molecular weight excluding hydrogens is 306 g/mol. The van der Waals surface area contributed by atoms with Crippen molar-refractivity contribution < 1.29 is 5.11 Å². The van der Waals surface area contributed by atoms with Crippen LogP contribution in [0.1, 0.15) is 33.1 Å². The molecule has 0 spiro atoms. The van der Waals surface area contributed by atoms with Gasteiger partial charge in [-0.3, -0.25) is 4.90 Å². The van der Waals surface area contributed by atoms with Gasteiger partial charge in [0.05, 0.1) is 6.61 Å². The van der Waals surface area contributed by atoms with Crippen LogP contribution in [0, 0.1) is 0 Å². The summed E-state index contributed by atoms with van der Waals surface area (Å²) in [7, 11) is 2.24. The molecule has 24 heavy (non-hydrogen) atoms. The van der Waals surface area contributed by atoms with Crippen LogP contribution in [-0.2, 0) is 0 Å². The summed E-state index contributed by atoms with van der Waals surface area (Å²) in [5.41, 5.74) is 0. The molecule has 2 aliphatic heterocycles. The lowest BCUT2D eigenvalue weighted by molar-refractivity contribution is 0.254. The predicted molar refractivity (Wildman–Crippen MR) is 95.6 cm³/mol. The second-order valence-corrected chi connectivity index (χ2v) is 7.02. The van der Waals surface area contributed by atoms with Gasteiger partial charge >= 0.3 is 0 Å². The van der Waals surface area contributed by atoms with E-state index in [9.17, 15) is 0 Å². The number of rotatable bonds is 6. The Balaban J connectivity index is 1.82. The second kappa shape index (κ2) is 7.48. The Hall–Kier alpha value is -1.67. The van der Waals surface area contributed by atoms with E-state index in [0.717, 1.165) is 25.5 Å². The van der Waals surface area contributed by atoms with E-state index in [4.69, 9.17) is 5.11 Å². The molecule has 0 amide bonds. The fourth-order valence-corrected chi connectivity index (χ4v) is 3.57. The molecule has 2 fully saturated rings. The Labute approximate surface area is 143 Å². The van der Waals surface area contributed by atoms with Crippen LogP contribution in [0.15, 0.2) is 0 Å². The zero-order chi connectivity index (χ0) is 17.1. The fraction of sp³-hybridized carbons (Fsp3) is 0.812. The molecule has 1 aromatic heterocycles. The van der Waals surface area contributed by atoms with Crippen molar-refractivity contribution in [3.05, 3.63) is 0 Å². The molecule has 2 atom stereocenters. The van der Waals surface area contributed by atoms with E-state index in [0.29, 0.717) is 30.5 Å². The van der Waals surface area contributed by atoms with Crippen LogP contribution in [0.25, 0.3) is 0 Å². The zero-order valence-electron chi connectivity index (χ0n) is 14.9. The van der Waals surface area contributed by atoms with Crippen molar-refractivity contribution in [2.24, 2.45) is 0 Å². The normalized spacial score (nSPS) is 24.3. The van der Waals surface area contributed by atoms with Crippen molar-refractivity contribution in [1.82, 2.24) is 19.9 Å². The van der Waals surface area contributed by atoms with Crippen molar-refractivity contribution in [3.63, 3.8) is 0 Å². The third-order valence-corrected chi connectivity index (χ3v) is 4.87. The third-order valence-electron chi connectivity index (χ3n) is 4.87. The highest BCUT2D eigenvalue weighted by Crippen LogP contribution is 2.30. The summed E-state index contributed by atoms with van der Waals surface area (Å²) in [6.07, 6.45) is 3.69. The largest absolute Gasteiger partial charge is 0.395 e. The molecule has 0 aromatic carbocycles. The van der Waals surface area contributed by atoms with Gasteiger partial charge in [-0.25, -0.2) is 0 Å². The van der Waals surface area contributed by atoms with Gasteiger partial charge in [0.25, 0.3) is 0 Å². The van der Waals surface area contributed by atoms with Gasteiger partial charge in [0, 0.05) is 37.8 Å². The minimum Gasteiger partial charge on any atom is -0.395 e. The number of hydrogen-bond acceptors (Lipinski definition) is 8. The number of aliphatic hydroxyl groups is 1. The Morgan fingerprint density at radius 2 is 1.88 bits per heavy atom. The average molecular weight is 335 g/mol. The summed E-state index contributed by atoms with van der Waals surface area (Å²) in [5, 5.41) is 15.3. The summed E-state index contributed by atoms with van der Waals surface area (Å²) in [4.78, 5) is 18.4. The Morgan fingerprint density at radius 3 is 2.62 bits per heavy atom. The van der Waals surface area contributed by atoms with E-state index in [1.54, 1.807) is 0 Å². The first-order chi connectivity index (χ1) is 11.6. The molecule has 0 saturated carbocycles. The van der Waals surface area contributed by atoms with Crippen LogP contribution in [-0.4, -0.2) is 76.4 Å².